The first-order valence-electron chi connectivity index (χ1n) is 7.00. The second kappa shape index (κ2) is 7.91. The van der Waals surface area contributed by atoms with Crippen molar-refractivity contribution >= 4 is 29.3 Å². The van der Waals surface area contributed by atoms with Crippen LogP contribution >= 0.6 is 23.4 Å². The molecule has 1 saturated heterocycles. The smallest absolute Gasteiger partial charge is 0.223 e. The zero-order valence-electron chi connectivity index (χ0n) is 11.4. The molecule has 1 fully saturated rings. The summed E-state index contributed by atoms with van der Waals surface area (Å²) in [7, 11) is 0. The second-order valence-electron chi connectivity index (χ2n) is 4.95. The van der Waals surface area contributed by atoms with E-state index in [1.807, 2.05) is 29.2 Å². The number of rotatable bonds is 5. The summed E-state index contributed by atoms with van der Waals surface area (Å²) in [6.07, 6.45) is 3.55. The molecule has 1 unspecified atom stereocenters. The molecule has 1 N–H and O–H groups in total. The lowest BCUT2D eigenvalue weighted by Crippen LogP contribution is -2.45. The molecule has 1 amide bonds. The Morgan fingerprint density at radius 2 is 2.20 bits per heavy atom. The highest BCUT2D eigenvalue weighted by Gasteiger charge is 2.25. The SMILES string of the molecule is O=C(CCSc1ccccc1Cl)N1CCCCC1CO. The Balaban J connectivity index is 1.81. The molecule has 0 aliphatic carbocycles. The molecule has 0 spiro atoms. The number of hydrogen-bond acceptors (Lipinski definition) is 3. The highest BCUT2D eigenvalue weighted by molar-refractivity contribution is 7.99. The summed E-state index contributed by atoms with van der Waals surface area (Å²) in [6.45, 7) is 0.851. The molecule has 0 saturated carbocycles. The Hall–Kier alpha value is -0.710. The topological polar surface area (TPSA) is 40.5 Å². The van der Waals surface area contributed by atoms with Gasteiger partial charge in [0, 0.05) is 23.6 Å². The number of halogens is 1. The number of amides is 1. The van der Waals surface area contributed by atoms with Gasteiger partial charge in [0.1, 0.15) is 0 Å². The zero-order chi connectivity index (χ0) is 14.4. The number of thioether (sulfide) groups is 1. The average Bonchev–Trinajstić information content (AvgIpc) is 2.49. The number of hydrogen-bond donors (Lipinski definition) is 1. The van der Waals surface area contributed by atoms with Gasteiger partial charge in [-0.2, -0.15) is 0 Å². The van der Waals surface area contributed by atoms with Gasteiger partial charge in [0.25, 0.3) is 0 Å². The largest absolute Gasteiger partial charge is 0.394 e. The Kier molecular flexibility index (Phi) is 6.20. The summed E-state index contributed by atoms with van der Waals surface area (Å²) >= 11 is 7.69. The highest BCUT2D eigenvalue weighted by atomic mass is 35.5. The maximum Gasteiger partial charge on any atom is 0.223 e. The summed E-state index contributed by atoms with van der Waals surface area (Å²) in [5.41, 5.74) is 0. The first-order chi connectivity index (χ1) is 9.72. The number of aliphatic hydroxyl groups is 1. The lowest BCUT2D eigenvalue weighted by atomic mass is 10.0. The standard InChI is InChI=1S/C15H20ClNO2S/c16-13-6-1-2-7-14(13)20-10-8-15(19)17-9-4-3-5-12(17)11-18/h1-2,6-7,12,18H,3-5,8-11H2. The minimum atomic E-state index is 0.0153. The molecular weight excluding hydrogens is 294 g/mol. The van der Waals surface area contributed by atoms with E-state index in [0.717, 1.165) is 41.5 Å². The van der Waals surface area contributed by atoms with Gasteiger partial charge >= 0.3 is 0 Å². The van der Waals surface area contributed by atoms with Crippen LogP contribution < -0.4 is 0 Å². The third-order valence-electron chi connectivity index (χ3n) is 3.57. The number of carbonyl (C=O) groups excluding carboxylic acids is 1. The van der Waals surface area contributed by atoms with Crippen LogP contribution in [0.5, 0.6) is 0 Å². The number of benzene rings is 1. The Labute approximate surface area is 129 Å². The minimum absolute atomic E-state index is 0.0153. The third kappa shape index (κ3) is 4.14. The second-order valence-corrected chi connectivity index (χ2v) is 6.49. The molecule has 0 radical (unpaired) electrons. The zero-order valence-corrected chi connectivity index (χ0v) is 13.0. The predicted molar refractivity (Wildman–Crippen MR) is 83.2 cm³/mol. The molecule has 2 rings (SSSR count). The van der Waals surface area contributed by atoms with Gasteiger partial charge in [-0.1, -0.05) is 23.7 Å². The summed E-state index contributed by atoms with van der Waals surface area (Å²) in [5, 5.41) is 10.1. The molecule has 110 valence electrons. The maximum absolute atomic E-state index is 12.2. The fraction of sp³-hybridized carbons (Fsp3) is 0.533. The van der Waals surface area contributed by atoms with E-state index in [0.29, 0.717) is 6.42 Å². The summed E-state index contributed by atoms with van der Waals surface area (Å²) in [6, 6.07) is 7.69. The number of likely N-dealkylation sites (tertiary alicyclic amines) is 1. The van der Waals surface area contributed by atoms with Crippen molar-refractivity contribution in [3.63, 3.8) is 0 Å². The van der Waals surface area contributed by atoms with Crippen molar-refractivity contribution in [3.8, 4) is 0 Å². The van der Waals surface area contributed by atoms with Gasteiger partial charge in [0.05, 0.1) is 17.7 Å². The molecule has 20 heavy (non-hydrogen) atoms. The molecule has 1 atom stereocenters. The van der Waals surface area contributed by atoms with Crippen LogP contribution in [-0.2, 0) is 4.79 Å². The van der Waals surface area contributed by atoms with Gasteiger partial charge in [-0.3, -0.25) is 4.79 Å². The molecule has 1 heterocycles. The van der Waals surface area contributed by atoms with E-state index in [4.69, 9.17) is 11.6 Å². The van der Waals surface area contributed by atoms with Crippen molar-refractivity contribution in [2.45, 2.75) is 36.6 Å². The molecule has 0 bridgehead atoms. The molecular formula is C15H20ClNO2S. The first kappa shape index (κ1) is 15.7. The minimum Gasteiger partial charge on any atom is -0.394 e. The van der Waals surface area contributed by atoms with E-state index < -0.39 is 0 Å². The van der Waals surface area contributed by atoms with Crippen LogP contribution in [0, 0.1) is 0 Å². The van der Waals surface area contributed by atoms with Crippen molar-refractivity contribution < 1.29 is 9.90 Å². The van der Waals surface area contributed by atoms with Crippen LogP contribution in [0.1, 0.15) is 25.7 Å². The van der Waals surface area contributed by atoms with E-state index in [1.165, 1.54) is 0 Å². The Morgan fingerprint density at radius 1 is 1.40 bits per heavy atom. The number of carbonyl (C=O) groups is 1. The number of piperidine rings is 1. The molecule has 3 nitrogen and oxygen atoms in total. The van der Waals surface area contributed by atoms with Gasteiger partial charge in [0.15, 0.2) is 0 Å². The normalized spacial score (nSPS) is 19.1. The summed E-state index contributed by atoms with van der Waals surface area (Å²) in [5.74, 6) is 0.861. The lowest BCUT2D eigenvalue weighted by molar-refractivity contribution is -0.135. The van der Waals surface area contributed by atoms with Crippen LogP contribution in [-0.4, -0.2) is 40.9 Å². The van der Waals surface area contributed by atoms with Crippen LogP contribution in [0.4, 0.5) is 0 Å². The fourth-order valence-electron chi connectivity index (χ4n) is 2.47. The van der Waals surface area contributed by atoms with E-state index in [-0.39, 0.29) is 18.6 Å². The maximum atomic E-state index is 12.2. The predicted octanol–water partition coefficient (Wildman–Crippen LogP) is 3.20. The summed E-state index contributed by atoms with van der Waals surface area (Å²) < 4.78 is 0. The van der Waals surface area contributed by atoms with Crippen LogP contribution in [0.25, 0.3) is 0 Å². The fourth-order valence-corrected chi connectivity index (χ4v) is 3.65. The van der Waals surface area contributed by atoms with Gasteiger partial charge < -0.3 is 10.0 Å². The highest BCUT2D eigenvalue weighted by Crippen LogP contribution is 2.27. The first-order valence-corrected chi connectivity index (χ1v) is 8.36. The van der Waals surface area contributed by atoms with Gasteiger partial charge in [-0.15, -0.1) is 11.8 Å². The number of nitrogens with zero attached hydrogens (tertiary/aromatic N) is 1. The molecule has 1 aromatic carbocycles. The number of aliphatic hydroxyl groups excluding tert-OH is 1. The van der Waals surface area contributed by atoms with Crippen molar-refractivity contribution in [1.82, 2.24) is 4.90 Å². The lowest BCUT2D eigenvalue weighted by Gasteiger charge is -2.34. The van der Waals surface area contributed by atoms with Gasteiger partial charge in [0.2, 0.25) is 5.91 Å². The Morgan fingerprint density at radius 3 is 2.95 bits per heavy atom. The van der Waals surface area contributed by atoms with Crippen LogP contribution in [0.2, 0.25) is 5.02 Å². The molecule has 5 heteroatoms. The van der Waals surface area contributed by atoms with Crippen LogP contribution in [0.3, 0.4) is 0 Å². The van der Waals surface area contributed by atoms with Gasteiger partial charge in [-0.05, 0) is 31.4 Å². The Bertz CT molecular complexity index is 455. The van der Waals surface area contributed by atoms with E-state index in [1.54, 1.807) is 11.8 Å². The van der Waals surface area contributed by atoms with Crippen molar-refractivity contribution in [1.29, 1.82) is 0 Å². The van der Waals surface area contributed by atoms with E-state index in [9.17, 15) is 9.90 Å². The average molecular weight is 314 g/mol. The van der Waals surface area contributed by atoms with E-state index >= 15 is 0 Å². The van der Waals surface area contributed by atoms with Crippen molar-refractivity contribution in [2.75, 3.05) is 18.9 Å². The van der Waals surface area contributed by atoms with Gasteiger partial charge in [-0.25, -0.2) is 0 Å². The van der Waals surface area contributed by atoms with E-state index in [2.05, 4.69) is 0 Å². The third-order valence-corrected chi connectivity index (χ3v) is 5.09. The van der Waals surface area contributed by atoms with Crippen molar-refractivity contribution in [3.05, 3.63) is 29.3 Å². The molecule has 1 aliphatic heterocycles. The monoisotopic (exact) mass is 313 g/mol. The summed E-state index contributed by atoms with van der Waals surface area (Å²) in [4.78, 5) is 15.1. The molecule has 1 aromatic rings. The molecule has 1 aliphatic rings. The molecule has 0 aromatic heterocycles. The van der Waals surface area contributed by atoms with Crippen molar-refractivity contribution in [2.24, 2.45) is 0 Å². The van der Waals surface area contributed by atoms with Crippen LogP contribution in [0.15, 0.2) is 29.2 Å². The quantitative estimate of drug-likeness (QED) is 0.849.